The number of aryl methyl sites for hydroxylation is 1. The lowest BCUT2D eigenvalue weighted by Crippen LogP contribution is -2.44. The van der Waals surface area contributed by atoms with Gasteiger partial charge in [0.25, 0.3) is 0 Å². The van der Waals surface area contributed by atoms with Crippen LogP contribution >= 0.6 is 0 Å². The van der Waals surface area contributed by atoms with Crippen LogP contribution in [0.3, 0.4) is 0 Å². The van der Waals surface area contributed by atoms with Crippen molar-refractivity contribution in [2.75, 3.05) is 5.32 Å². The topological polar surface area (TPSA) is 55.1 Å². The van der Waals surface area contributed by atoms with Gasteiger partial charge in [0.05, 0.1) is 5.41 Å². The summed E-state index contributed by atoms with van der Waals surface area (Å²) in [7, 11) is 0. The first kappa shape index (κ1) is 13.0. The maximum absolute atomic E-state index is 13.1. The number of rotatable bonds is 2. The molecule has 1 saturated carbocycles. The molecule has 0 radical (unpaired) electrons. The van der Waals surface area contributed by atoms with Crippen LogP contribution in [0.1, 0.15) is 31.7 Å². The average Bonchev–Trinajstić information content (AvgIpc) is 2.66. The molecule has 0 saturated heterocycles. The summed E-state index contributed by atoms with van der Waals surface area (Å²) in [4.78, 5) is 12.3. The van der Waals surface area contributed by atoms with E-state index in [9.17, 15) is 9.18 Å². The van der Waals surface area contributed by atoms with Crippen LogP contribution in [0.4, 0.5) is 10.1 Å². The minimum absolute atomic E-state index is 0.0708. The minimum atomic E-state index is -0.512. The molecule has 3 nitrogen and oxygen atoms in total. The Morgan fingerprint density at radius 3 is 2.83 bits per heavy atom. The van der Waals surface area contributed by atoms with Crippen molar-refractivity contribution in [1.82, 2.24) is 0 Å². The van der Waals surface area contributed by atoms with Crippen molar-refractivity contribution in [2.45, 2.75) is 39.2 Å². The van der Waals surface area contributed by atoms with Crippen molar-refractivity contribution in [3.05, 3.63) is 29.6 Å². The van der Waals surface area contributed by atoms with Crippen LogP contribution in [0.2, 0.25) is 0 Å². The van der Waals surface area contributed by atoms with Crippen LogP contribution in [0.15, 0.2) is 18.2 Å². The molecule has 0 aromatic heterocycles. The third kappa shape index (κ3) is 2.25. The molecule has 3 N–H and O–H groups in total. The second-order valence-corrected chi connectivity index (χ2v) is 5.33. The lowest BCUT2D eigenvalue weighted by Gasteiger charge is -2.27. The fourth-order valence-corrected chi connectivity index (χ4v) is 2.47. The van der Waals surface area contributed by atoms with Crippen LogP contribution in [-0.2, 0) is 4.79 Å². The van der Waals surface area contributed by atoms with Gasteiger partial charge >= 0.3 is 0 Å². The summed E-state index contributed by atoms with van der Waals surface area (Å²) in [5.41, 5.74) is 6.64. The van der Waals surface area contributed by atoms with Crippen LogP contribution in [0.5, 0.6) is 0 Å². The lowest BCUT2D eigenvalue weighted by molar-refractivity contribution is -0.125. The third-order valence-corrected chi connectivity index (χ3v) is 3.96. The van der Waals surface area contributed by atoms with Gasteiger partial charge in [0.1, 0.15) is 5.82 Å². The van der Waals surface area contributed by atoms with Crippen molar-refractivity contribution in [3.8, 4) is 0 Å². The van der Waals surface area contributed by atoms with Crippen molar-refractivity contribution in [1.29, 1.82) is 0 Å². The van der Waals surface area contributed by atoms with E-state index in [0.717, 1.165) is 19.3 Å². The van der Waals surface area contributed by atoms with Crippen LogP contribution in [-0.4, -0.2) is 11.9 Å². The van der Waals surface area contributed by atoms with E-state index in [-0.39, 0.29) is 17.8 Å². The molecule has 1 amide bonds. The maximum Gasteiger partial charge on any atom is 0.231 e. The van der Waals surface area contributed by atoms with E-state index in [1.165, 1.54) is 6.07 Å². The number of nitrogens with one attached hydrogen (secondary N) is 1. The van der Waals surface area contributed by atoms with Gasteiger partial charge in [-0.25, -0.2) is 4.39 Å². The third-order valence-electron chi connectivity index (χ3n) is 3.96. The summed E-state index contributed by atoms with van der Waals surface area (Å²) in [6.07, 6.45) is 2.67. The number of nitrogens with two attached hydrogens (primary N) is 1. The SMILES string of the molecule is Cc1cc(NC(=O)C2(C)CCCC2N)ccc1F. The predicted octanol–water partition coefficient (Wildman–Crippen LogP) is 2.59. The van der Waals surface area contributed by atoms with Crippen molar-refractivity contribution in [3.63, 3.8) is 0 Å². The van der Waals surface area contributed by atoms with Crippen molar-refractivity contribution < 1.29 is 9.18 Å². The zero-order chi connectivity index (χ0) is 13.3. The summed E-state index contributed by atoms with van der Waals surface area (Å²) < 4.78 is 13.1. The highest BCUT2D eigenvalue weighted by Gasteiger charge is 2.42. The van der Waals surface area contributed by atoms with Gasteiger partial charge in [-0.2, -0.15) is 0 Å². The number of anilines is 1. The second kappa shape index (κ2) is 4.69. The molecule has 18 heavy (non-hydrogen) atoms. The summed E-state index contributed by atoms with van der Waals surface area (Å²) in [5.74, 6) is -0.338. The first-order valence-corrected chi connectivity index (χ1v) is 6.26. The Balaban J connectivity index is 2.14. The van der Waals surface area contributed by atoms with Gasteiger partial charge in [-0.15, -0.1) is 0 Å². The Kier molecular flexibility index (Phi) is 3.39. The van der Waals surface area contributed by atoms with Crippen molar-refractivity contribution in [2.24, 2.45) is 11.1 Å². The Labute approximate surface area is 107 Å². The molecule has 0 heterocycles. The number of amides is 1. The lowest BCUT2D eigenvalue weighted by atomic mass is 9.84. The highest BCUT2D eigenvalue weighted by Crippen LogP contribution is 2.37. The van der Waals surface area contributed by atoms with Crippen LogP contribution in [0.25, 0.3) is 0 Å². The summed E-state index contributed by atoms with van der Waals surface area (Å²) in [5, 5.41) is 2.84. The van der Waals surface area contributed by atoms with E-state index in [4.69, 9.17) is 5.73 Å². The molecular weight excluding hydrogens is 231 g/mol. The molecule has 1 aromatic carbocycles. The number of carbonyl (C=O) groups is 1. The van der Waals surface area contributed by atoms with E-state index in [1.807, 2.05) is 6.92 Å². The van der Waals surface area contributed by atoms with Gasteiger partial charge in [0.15, 0.2) is 0 Å². The fraction of sp³-hybridized carbons (Fsp3) is 0.500. The van der Waals surface area contributed by atoms with E-state index in [0.29, 0.717) is 11.3 Å². The molecule has 98 valence electrons. The van der Waals surface area contributed by atoms with E-state index >= 15 is 0 Å². The molecule has 2 unspecified atom stereocenters. The second-order valence-electron chi connectivity index (χ2n) is 5.33. The van der Waals surface area contributed by atoms with Gasteiger partial charge < -0.3 is 11.1 Å². The standard InChI is InChI=1S/C14H19FN2O/c1-9-8-10(5-6-11(9)15)17-13(18)14(2)7-3-4-12(14)16/h5-6,8,12H,3-4,7,16H2,1-2H3,(H,17,18). The average molecular weight is 250 g/mol. The molecular formula is C14H19FN2O. The number of halogens is 1. The van der Waals surface area contributed by atoms with Crippen LogP contribution in [0, 0.1) is 18.2 Å². The molecule has 0 aliphatic heterocycles. The molecule has 2 atom stereocenters. The van der Waals surface area contributed by atoms with Gasteiger partial charge in [-0.3, -0.25) is 4.79 Å². The molecule has 1 aliphatic carbocycles. The molecule has 2 rings (SSSR count). The van der Waals surface area contributed by atoms with Gasteiger partial charge in [0, 0.05) is 11.7 Å². The number of hydrogen-bond donors (Lipinski definition) is 2. The number of benzene rings is 1. The molecule has 1 aliphatic rings. The predicted molar refractivity (Wildman–Crippen MR) is 69.7 cm³/mol. The van der Waals surface area contributed by atoms with E-state index in [1.54, 1.807) is 19.1 Å². The number of hydrogen-bond acceptors (Lipinski definition) is 2. The van der Waals surface area contributed by atoms with Gasteiger partial charge in [0.2, 0.25) is 5.91 Å². The normalized spacial score (nSPS) is 27.2. The summed E-state index contributed by atoms with van der Waals surface area (Å²) >= 11 is 0. The zero-order valence-electron chi connectivity index (χ0n) is 10.8. The first-order chi connectivity index (χ1) is 8.43. The van der Waals surface area contributed by atoms with E-state index in [2.05, 4.69) is 5.32 Å². The maximum atomic E-state index is 13.1. The van der Waals surface area contributed by atoms with Crippen molar-refractivity contribution >= 4 is 11.6 Å². The van der Waals surface area contributed by atoms with E-state index < -0.39 is 5.41 Å². The Hall–Kier alpha value is -1.42. The largest absolute Gasteiger partial charge is 0.327 e. The monoisotopic (exact) mass is 250 g/mol. The summed E-state index contributed by atoms with van der Waals surface area (Å²) in [6, 6.07) is 4.47. The molecule has 0 bridgehead atoms. The summed E-state index contributed by atoms with van der Waals surface area (Å²) in [6.45, 7) is 3.57. The Morgan fingerprint density at radius 1 is 1.56 bits per heavy atom. The first-order valence-electron chi connectivity index (χ1n) is 6.26. The van der Waals surface area contributed by atoms with Gasteiger partial charge in [-0.05, 0) is 50.5 Å². The molecule has 1 aromatic rings. The van der Waals surface area contributed by atoms with Crippen LogP contribution < -0.4 is 11.1 Å². The molecule has 0 spiro atoms. The smallest absolute Gasteiger partial charge is 0.231 e. The molecule has 4 heteroatoms. The zero-order valence-corrected chi connectivity index (χ0v) is 10.8. The Morgan fingerprint density at radius 2 is 2.28 bits per heavy atom. The van der Waals surface area contributed by atoms with Gasteiger partial charge in [-0.1, -0.05) is 6.42 Å². The highest BCUT2D eigenvalue weighted by molar-refractivity contribution is 5.95. The minimum Gasteiger partial charge on any atom is -0.327 e. The molecule has 1 fully saturated rings. The fourth-order valence-electron chi connectivity index (χ4n) is 2.47. The quantitative estimate of drug-likeness (QED) is 0.847. The number of carbonyl (C=O) groups excluding carboxylic acids is 1. The Bertz CT molecular complexity index is 475. The highest BCUT2D eigenvalue weighted by atomic mass is 19.1.